The summed E-state index contributed by atoms with van der Waals surface area (Å²) in [6.07, 6.45) is -0.386. The van der Waals surface area contributed by atoms with E-state index in [0.29, 0.717) is 24.7 Å². The molecule has 1 amide bonds. The average Bonchev–Trinajstić information content (AvgIpc) is 2.80. The maximum absolute atomic E-state index is 13.2. The van der Waals surface area contributed by atoms with Crippen LogP contribution in [0.15, 0.2) is 47.4 Å². The van der Waals surface area contributed by atoms with E-state index in [0.717, 1.165) is 5.56 Å². The molecule has 9 heteroatoms. The van der Waals surface area contributed by atoms with E-state index in [4.69, 9.17) is 14.2 Å². The number of carbonyl (C=O) groups excluding carboxylic acids is 1. The van der Waals surface area contributed by atoms with Crippen molar-refractivity contribution in [2.24, 2.45) is 0 Å². The molecule has 0 bridgehead atoms. The molecule has 0 aromatic heterocycles. The molecular weight excluding hydrogens is 456 g/mol. The Hall–Kier alpha value is -2.62. The van der Waals surface area contributed by atoms with Gasteiger partial charge in [-0.15, -0.1) is 0 Å². The molecule has 1 fully saturated rings. The van der Waals surface area contributed by atoms with Gasteiger partial charge in [0.25, 0.3) is 5.91 Å². The molecule has 0 spiro atoms. The lowest BCUT2D eigenvalue weighted by atomic mass is 10.1. The molecule has 186 valence electrons. The van der Waals surface area contributed by atoms with Gasteiger partial charge in [0.2, 0.25) is 10.0 Å². The summed E-state index contributed by atoms with van der Waals surface area (Å²) in [6.45, 7) is 10.9. The number of benzene rings is 2. The van der Waals surface area contributed by atoms with Gasteiger partial charge in [-0.05, 0) is 70.5 Å². The van der Waals surface area contributed by atoms with Gasteiger partial charge in [-0.3, -0.25) is 4.79 Å². The standard InChI is InChI=1S/C25H34N2O6S/c1-6-31-23-12-11-20(14-24(23)32-7-2)19(5)26-25(28)21-9-8-10-22(13-21)34(29,30)27-15-17(3)33-18(4)16-27/h8-14,17-19H,6-7,15-16H2,1-5H3,(H,26,28). The quantitative estimate of drug-likeness (QED) is 0.575. The van der Waals surface area contributed by atoms with Crippen LogP contribution in [-0.2, 0) is 14.8 Å². The first-order chi connectivity index (χ1) is 16.1. The van der Waals surface area contributed by atoms with E-state index in [1.807, 2.05) is 52.8 Å². The molecule has 8 nitrogen and oxygen atoms in total. The molecule has 1 aliphatic heterocycles. The molecule has 2 aromatic carbocycles. The van der Waals surface area contributed by atoms with E-state index in [9.17, 15) is 13.2 Å². The number of amides is 1. The summed E-state index contributed by atoms with van der Waals surface area (Å²) in [4.78, 5) is 13.1. The summed E-state index contributed by atoms with van der Waals surface area (Å²) < 4.78 is 44.7. The van der Waals surface area contributed by atoms with Crippen LogP contribution in [0.5, 0.6) is 11.5 Å². The van der Waals surface area contributed by atoms with Crippen LogP contribution in [0.25, 0.3) is 0 Å². The van der Waals surface area contributed by atoms with Crippen molar-refractivity contribution < 1.29 is 27.4 Å². The molecule has 3 unspecified atom stereocenters. The third kappa shape index (κ3) is 6.08. The third-order valence-corrected chi connectivity index (χ3v) is 7.36. The Morgan fingerprint density at radius 1 is 1.06 bits per heavy atom. The number of ether oxygens (including phenoxy) is 3. The molecular formula is C25H34N2O6S. The highest BCUT2D eigenvalue weighted by molar-refractivity contribution is 7.89. The first-order valence-corrected chi connectivity index (χ1v) is 13.1. The SMILES string of the molecule is CCOc1ccc(C(C)NC(=O)c2cccc(S(=O)(=O)N3CC(C)OC(C)C3)c2)cc1OCC. The van der Waals surface area contributed by atoms with Crippen LogP contribution in [0, 0.1) is 0 Å². The van der Waals surface area contributed by atoms with Crippen LogP contribution >= 0.6 is 0 Å². The Morgan fingerprint density at radius 2 is 1.71 bits per heavy atom. The Morgan fingerprint density at radius 3 is 2.35 bits per heavy atom. The number of nitrogens with zero attached hydrogens (tertiary/aromatic N) is 1. The smallest absolute Gasteiger partial charge is 0.251 e. The Bertz CT molecular complexity index is 1090. The average molecular weight is 491 g/mol. The summed E-state index contributed by atoms with van der Waals surface area (Å²) in [7, 11) is -3.74. The van der Waals surface area contributed by atoms with Gasteiger partial charge in [0, 0.05) is 18.7 Å². The molecule has 3 rings (SSSR count). The first-order valence-electron chi connectivity index (χ1n) is 11.6. The van der Waals surface area contributed by atoms with Gasteiger partial charge in [0.05, 0.1) is 36.4 Å². The highest BCUT2D eigenvalue weighted by Crippen LogP contribution is 2.31. The number of carbonyl (C=O) groups is 1. The van der Waals surface area contributed by atoms with E-state index in [2.05, 4.69) is 5.32 Å². The van der Waals surface area contributed by atoms with E-state index in [1.165, 1.54) is 16.4 Å². The van der Waals surface area contributed by atoms with Gasteiger partial charge in [-0.25, -0.2) is 8.42 Å². The fraction of sp³-hybridized carbons (Fsp3) is 0.480. The number of rotatable bonds is 9. The number of hydrogen-bond acceptors (Lipinski definition) is 6. The van der Waals surface area contributed by atoms with Gasteiger partial charge in [-0.2, -0.15) is 4.31 Å². The predicted octanol–water partition coefficient (Wildman–Crippen LogP) is 3.77. The minimum Gasteiger partial charge on any atom is -0.490 e. The summed E-state index contributed by atoms with van der Waals surface area (Å²) in [5.41, 5.74) is 1.12. The minimum absolute atomic E-state index is 0.0915. The van der Waals surface area contributed by atoms with Crippen LogP contribution in [0.4, 0.5) is 0 Å². The highest BCUT2D eigenvalue weighted by atomic mass is 32.2. The molecule has 0 radical (unpaired) electrons. The molecule has 1 saturated heterocycles. The zero-order chi connectivity index (χ0) is 24.9. The lowest BCUT2D eigenvalue weighted by Gasteiger charge is -2.34. The number of sulfonamides is 1. The van der Waals surface area contributed by atoms with Crippen LogP contribution in [0.2, 0.25) is 0 Å². The van der Waals surface area contributed by atoms with Crippen molar-refractivity contribution in [3.63, 3.8) is 0 Å². The van der Waals surface area contributed by atoms with Crippen LogP contribution in [-0.4, -0.2) is 57.1 Å². The summed E-state index contributed by atoms with van der Waals surface area (Å²) in [5, 5.41) is 2.94. The van der Waals surface area contributed by atoms with Gasteiger partial charge in [0.15, 0.2) is 11.5 Å². The normalized spacial score (nSPS) is 19.9. The van der Waals surface area contributed by atoms with Crippen molar-refractivity contribution in [3.05, 3.63) is 53.6 Å². The van der Waals surface area contributed by atoms with Gasteiger partial charge >= 0.3 is 0 Å². The van der Waals surface area contributed by atoms with Crippen molar-refractivity contribution in [2.75, 3.05) is 26.3 Å². The van der Waals surface area contributed by atoms with Crippen LogP contribution < -0.4 is 14.8 Å². The van der Waals surface area contributed by atoms with Gasteiger partial charge in [0.1, 0.15) is 0 Å². The van der Waals surface area contributed by atoms with Crippen molar-refractivity contribution in [2.45, 2.75) is 57.8 Å². The maximum Gasteiger partial charge on any atom is 0.251 e. The van der Waals surface area contributed by atoms with Gasteiger partial charge < -0.3 is 19.5 Å². The van der Waals surface area contributed by atoms with Crippen LogP contribution in [0.1, 0.15) is 56.6 Å². The highest BCUT2D eigenvalue weighted by Gasteiger charge is 2.32. The van der Waals surface area contributed by atoms with Gasteiger partial charge in [-0.1, -0.05) is 12.1 Å². The molecule has 34 heavy (non-hydrogen) atoms. The second-order valence-electron chi connectivity index (χ2n) is 8.37. The largest absolute Gasteiger partial charge is 0.490 e. The molecule has 3 atom stereocenters. The topological polar surface area (TPSA) is 94.2 Å². The van der Waals surface area contributed by atoms with E-state index in [-0.39, 0.29) is 47.7 Å². The number of morpholine rings is 1. The second kappa shape index (κ2) is 11.2. The zero-order valence-electron chi connectivity index (χ0n) is 20.4. The lowest BCUT2D eigenvalue weighted by Crippen LogP contribution is -2.48. The summed E-state index contributed by atoms with van der Waals surface area (Å²) >= 11 is 0. The molecule has 2 aromatic rings. The second-order valence-corrected chi connectivity index (χ2v) is 10.3. The molecule has 0 saturated carbocycles. The lowest BCUT2D eigenvalue weighted by molar-refractivity contribution is -0.0440. The Labute approximate surface area is 202 Å². The van der Waals surface area contributed by atoms with Crippen molar-refractivity contribution in [3.8, 4) is 11.5 Å². The molecule has 1 heterocycles. The fourth-order valence-electron chi connectivity index (χ4n) is 3.97. The van der Waals surface area contributed by atoms with Crippen molar-refractivity contribution >= 4 is 15.9 Å². The Balaban J connectivity index is 1.77. The zero-order valence-corrected chi connectivity index (χ0v) is 21.2. The Kier molecular flexibility index (Phi) is 8.57. The minimum atomic E-state index is -3.74. The summed E-state index contributed by atoms with van der Waals surface area (Å²) in [5.74, 6) is 0.904. The van der Waals surface area contributed by atoms with Crippen molar-refractivity contribution in [1.29, 1.82) is 0 Å². The molecule has 0 aliphatic carbocycles. The number of hydrogen-bond donors (Lipinski definition) is 1. The molecule has 1 N–H and O–H groups in total. The monoisotopic (exact) mass is 490 g/mol. The summed E-state index contributed by atoms with van der Waals surface area (Å²) in [6, 6.07) is 11.3. The van der Waals surface area contributed by atoms with E-state index in [1.54, 1.807) is 12.1 Å². The van der Waals surface area contributed by atoms with Crippen molar-refractivity contribution in [1.82, 2.24) is 9.62 Å². The number of nitrogens with one attached hydrogen (secondary N) is 1. The van der Waals surface area contributed by atoms with Crippen LogP contribution in [0.3, 0.4) is 0 Å². The maximum atomic E-state index is 13.2. The predicted molar refractivity (Wildman–Crippen MR) is 130 cm³/mol. The first kappa shape index (κ1) is 26.0. The fourth-order valence-corrected chi connectivity index (χ4v) is 5.61. The molecule has 1 aliphatic rings. The third-order valence-electron chi connectivity index (χ3n) is 5.54. The van der Waals surface area contributed by atoms with E-state index < -0.39 is 10.0 Å². The van der Waals surface area contributed by atoms with E-state index >= 15 is 0 Å².